The summed E-state index contributed by atoms with van der Waals surface area (Å²) in [4.78, 5) is 0. The maximum Gasteiger partial charge on any atom is 0.290 e. The van der Waals surface area contributed by atoms with Crippen LogP contribution in [-0.2, 0) is 14.9 Å². The Bertz CT molecular complexity index is 192. The third kappa shape index (κ3) is 7.45. The summed E-state index contributed by atoms with van der Waals surface area (Å²) in [7, 11) is -4.01. The highest BCUT2D eigenvalue weighted by Gasteiger charge is 1.93. The highest BCUT2D eigenvalue weighted by molar-refractivity contribution is 7.88. The molecular formula is C5H10O4S. The number of hydrogen-bond acceptors (Lipinski definition) is 3. The molecule has 0 bridgehead atoms. The molecule has 0 unspecified atom stereocenters. The van der Waals surface area contributed by atoms with Gasteiger partial charge in [-0.15, -0.1) is 0 Å². The van der Waals surface area contributed by atoms with Crippen LogP contribution < -0.4 is 0 Å². The predicted octanol–water partition coefficient (Wildman–Crippen LogP) is 0.772. The first-order valence-corrected chi connectivity index (χ1v) is 4.32. The van der Waals surface area contributed by atoms with Gasteiger partial charge in [-0.25, -0.2) is 0 Å². The molecule has 0 aromatic carbocycles. The third-order valence-electron chi connectivity index (χ3n) is 0.646. The van der Waals surface area contributed by atoms with Crippen LogP contribution in [0.15, 0.2) is 11.7 Å². The molecule has 60 valence electrons. The fourth-order valence-corrected chi connectivity index (χ4v) is 0.514. The van der Waals surface area contributed by atoms with Crippen molar-refractivity contribution in [2.75, 3.05) is 6.61 Å². The first-order valence-electron chi connectivity index (χ1n) is 2.82. The van der Waals surface area contributed by atoms with Crippen molar-refractivity contribution in [1.29, 1.82) is 0 Å². The topological polar surface area (TPSA) is 63.6 Å². The predicted molar refractivity (Wildman–Crippen MR) is 36.9 cm³/mol. The molecule has 0 rings (SSSR count). The van der Waals surface area contributed by atoms with Gasteiger partial charge in [0.1, 0.15) is 0 Å². The lowest BCUT2D eigenvalue weighted by atomic mass is 10.5. The lowest BCUT2D eigenvalue weighted by Crippen LogP contribution is -1.91. The highest BCUT2D eigenvalue weighted by Crippen LogP contribution is 1.87. The van der Waals surface area contributed by atoms with Gasteiger partial charge >= 0.3 is 0 Å². The molecule has 0 fully saturated rings. The van der Waals surface area contributed by atoms with E-state index in [0.29, 0.717) is 12.0 Å². The van der Waals surface area contributed by atoms with E-state index in [1.54, 1.807) is 0 Å². The van der Waals surface area contributed by atoms with Crippen molar-refractivity contribution in [2.45, 2.75) is 13.3 Å². The molecule has 0 aliphatic rings. The Kier molecular flexibility index (Phi) is 4.06. The van der Waals surface area contributed by atoms with Crippen LogP contribution in [0.2, 0.25) is 0 Å². The molecule has 0 atom stereocenters. The van der Waals surface area contributed by atoms with Crippen LogP contribution >= 0.6 is 0 Å². The molecule has 0 aromatic heterocycles. The van der Waals surface area contributed by atoms with E-state index in [1.807, 2.05) is 6.92 Å². The van der Waals surface area contributed by atoms with Crippen molar-refractivity contribution < 1.29 is 17.7 Å². The summed E-state index contributed by atoms with van der Waals surface area (Å²) in [5.74, 6) is 0. The molecule has 0 saturated carbocycles. The summed E-state index contributed by atoms with van der Waals surface area (Å²) in [6, 6.07) is 0. The number of ether oxygens (including phenoxy) is 1. The molecule has 0 aromatic rings. The van der Waals surface area contributed by atoms with Crippen LogP contribution in [0.25, 0.3) is 0 Å². The van der Waals surface area contributed by atoms with Crippen LogP contribution in [0.5, 0.6) is 0 Å². The standard InChI is InChI=1S/C5H10O4S/c1-2-3-9-4-5-10(6,7)8/h4-5H,2-3H2,1H3,(H,6,7,8). The first-order chi connectivity index (χ1) is 4.56. The second-order valence-electron chi connectivity index (χ2n) is 1.66. The van der Waals surface area contributed by atoms with Crippen LogP contribution in [-0.4, -0.2) is 19.6 Å². The molecule has 0 heterocycles. The second kappa shape index (κ2) is 4.29. The van der Waals surface area contributed by atoms with Crippen LogP contribution in [0.1, 0.15) is 13.3 Å². The summed E-state index contributed by atoms with van der Waals surface area (Å²) in [5.41, 5.74) is 0. The zero-order valence-corrected chi connectivity index (χ0v) is 6.47. The van der Waals surface area contributed by atoms with Gasteiger partial charge in [-0.05, 0) is 6.42 Å². The average Bonchev–Trinajstić information content (AvgIpc) is 1.78. The zero-order valence-electron chi connectivity index (χ0n) is 5.65. The van der Waals surface area contributed by atoms with Gasteiger partial charge in [0.15, 0.2) is 0 Å². The summed E-state index contributed by atoms with van der Waals surface area (Å²) in [6.07, 6.45) is 1.76. The van der Waals surface area contributed by atoms with Crippen molar-refractivity contribution in [1.82, 2.24) is 0 Å². The van der Waals surface area contributed by atoms with E-state index >= 15 is 0 Å². The quantitative estimate of drug-likeness (QED) is 0.380. The molecule has 0 spiro atoms. The van der Waals surface area contributed by atoms with E-state index in [1.165, 1.54) is 0 Å². The Morgan fingerprint density at radius 2 is 2.20 bits per heavy atom. The maximum absolute atomic E-state index is 9.98. The Balaban J connectivity index is 3.58. The number of rotatable bonds is 4. The van der Waals surface area contributed by atoms with E-state index in [9.17, 15) is 8.42 Å². The fourth-order valence-electron chi connectivity index (χ4n) is 0.295. The third-order valence-corrected chi connectivity index (χ3v) is 1.10. The molecule has 10 heavy (non-hydrogen) atoms. The molecule has 0 aliphatic heterocycles. The summed E-state index contributed by atoms with van der Waals surface area (Å²) < 4.78 is 32.7. The monoisotopic (exact) mass is 166 g/mol. The van der Waals surface area contributed by atoms with Crippen molar-refractivity contribution >= 4 is 10.1 Å². The molecule has 4 nitrogen and oxygen atoms in total. The largest absolute Gasteiger partial charge is 0.500 e. The molecule has 0 aliphatic carbocycles. The van der Waals surface area contributed by atoms with Gasteiger partial charge < -0.3 is 4.74 Å². The Morgan fingerprint density at radius 1 is 1.60 bits per heavy atom. The minimum Gasteiger partial charge on any atom is -0.500 e. The van der Waals surface area contributed by atoms with Gasteiger partial charge in [0.05, 0.1) is 18.3 Å². The Morgan fingerprint density at radius 3 is 2.60 bits per heavy atom. The van der Waals surface area contributed by atoms with Crippen LogP contribution in [0.4, 0.5) is 0 Å². The summed E-state index contributed by atoms with van der Waals surface area (Å²) in [6.45, 7) is 2.34. The van der Waals surface area contributed by atoms with E-state index < -0.39 is 10.1 Å². The van der Waals surface area contributed by atoms with Gasteiger partial charge in [0.2, 0.25) is 0 Å². The van der Waals surface area contributed by atoms with Gasteiger partial charge in [0.25, 0.3) is 10.1 Å². The molecule has 0 saturated heterocycles. The Hall–Kier alpha value is -0.550. The summed E-state index contributed by atoms with van der Waals surface area (Å²) in [5, 5.41) is 0.600. The van der Waals surface area contributed by atoms with Crippen LogP contribution in [0, 0.1) is 0 Å². The Labute approximate surface area is 60.3 Å². The average molecular weight is 166 g/mol. The van der Waals surface area contributed by atoms with Crippen LogP contribution in [0.3, 0.4) is 0 Å². The van der Waals surface area contributed by atoms with Gasteiger partial charge in [-0.2, -0.15) is 8.42 Å². The molecule has 0 radical (unpaired) electrons. The normalized spacial score (nSPS) is 12.2. The fraction of sp³-hybridized carbons (Fsp3) is 0.600. The van der Waals surface area contributed by atoms with E-state index in [4.69, 9.17) is 4.55 Å². The van der Waals surface area contributed by atoms with Crippen molar-refractivity contribution in [3.63, 3.8) is 0 Å². The van der Waals surface area contributed by atoms with E-state index in [0.717, 1.165) is 12.7 Å². The first kappa shape index (κ1) is 9.45. The molecule has 5 heteroatoms. The lowest BCUT2D eigenvalue weighted by Gasteiger charge is -1.93. The minimum absolute atomic E-state index is 0.450. The smallest absolute Gasteiger partial charge is 0.290 e. The van der Waals surface area contributed by atoms with Gasteiger partial charge in [0, 0.05) is 0 Å². The van der Waals surface area contributed by atoms with Gasteiger partial charge in [-0.3, -0.25) is 4.55 Å². The molecular weight excluding hydrogens is 156 g/mol. The second-order valence-corrected chi connectivity index (χ2v) is 2.96. The summed E-state index contributed by atoms with van der Waals surface area (Å²) >= 11 is 0. The SMILES string of the molecule is CCCOC=CS(=O)(=O)O. The van der Waals surface area contributed by atoms with E-state index in [2.05, 4.69) is 4.74 Å². The number of hydrogen-bond donors (Lipinski definition) is 1. The molecule has 0 amide bonds. The van der Waals surface area contributed by atoms with E-state index in [-0.39, 0.29) is 0 Å². The zero-order chi connectivity index (χ0) is 8.04. The minimum atomic E-state index is -4.01. The maximum atomic E-state index is 9.98. The van der Waals surface area contributed by atoms with Crippen molar-refractivity contribution in [3.05, 3.63) is 11.7 Å². The van der Waals surface area contributed by atoms with Crippen molar-refractivity contribution in [2.24, 2.45) is 0 Å². The highest BCUT2D eigenvalue weighted by atomic mass is 32.2. The van der Waals surface area contributed by atoms with Crippen molar-refractivity contribution in [3.8, 4) is 0 Å². The molecule has 1 N–H and O–H groups in total. The lowest BCUT2D eigenvalue weighted by molar-refractivity contribution is 0.250. The van der Waals surface area contributed by atoms with Gasteiger partial charge in [-0.1, -0.05) is 6.92 Å².